The quantitative estimate of drug-likeness (QED) is 0.649. The molecule has 1 aromatic carbocycles. The van der Waals surface area contributed by atoms with E-state index in [1.165, 1.54) is 12.8 Å². The van der Waals surface area contributed by atoms with E-state index in [1.807, 2.05) is 13.8 Å². The van der Waals surface area contributed by atoms with Crippen LogP contribution in [0.3, 0.4) is 0 Å². The molecule has 0 spiro atoms. The lowest BCUT2D eigenvalue weighted by molar-refractivity contribution is -0.116. The van der Waals surface area contributed by atoms with Gasteiger partial charge in [-0.2, -0.15) is 0 Å². The Morgan fingerprint density at radius 2 is 2.12 bits per heavy atom. The topological polar surface area (TPSA) is 70.2 Å². The van der Waals surface area contributed by atoms with Crippen molar-refractivity contribution in [2.75, 3.05) is 25.0 Å². The molecule has 1 aliphatic heterocycles. The van der Waals surface area contributed by atoms with Crippen molar-refractivity contribution < 1.29 is 9.59 Å². The Kier molecular flexibility index (Phi) is 9.99. The van der Waals surface area contributed by atoms with Gasteiger partial charge >= 0.3 is 0 Å². The summed E-state index contributed by atoms with van der Waals surface area (Å²) in [5.74, 6) is 0.637. The van der Waals surface area contributed by atoms with Crippen molar-refractivity contribution in [1.29, 1.82) is 0 Å². The number of benzene rings is 1. The summed E-state index contributed by atoms with van der Waals surface area (Å²) in [6.07, 6.45) is 3.81. The van der Waals surface area contributed by atoms with Gasteiger partial charge in [0.2, 0.25) is 5.91 Å². The number of hydrogen-bond acceptors (Lipinski definition) is 3. The van der Waals surface area contributed by atoms with Gasteiger partial charge in [-0.05, 0) is 62.4 Å². The van der Waals surface area contributed by atoms with Crippen LogP contribution in [0.2, 0.25) is 5.02 Å². The molecule has 1 fully saturated rings. The number of rotatable bonds is 7. The fourth-order valence-corrected chi connectivity index (χ4v) is 3.22. The van der Waals surface area contributed by atoms with Gasteiger partial charge in [0, 0.05) is 18.7 Å². The minimum Gasteiger partial charge on any atom is -0.352 e. The Bertz CT molecular complexity index is 602. The zero-order chi connectivity index (χ0) is 18.2. The molecule has 0 aliphatic carbocycles. The van der Waals surface area contributed by atoms with Crippen molar-refractivity contribution in [3.63, 3.8) is 0 Å². The van der Waals surface area contributed by atoms with E-state index in [0.717, 1.165) is 19.5 Å². The van der Waals surface area contributed by atoms with Gasteiger partial charge < -0.3 is 16.0 Å². The highest BCUT2D eigenvalue weighted by Crippen LogP contribution is 2.21. The van der Waals surface area contributed by atoms with Crippen molar-refractivity contribution in [2.24, 2.45) is 11.8 Å². The summed E-state index contributed by atoms with van der Waals surface area (Å²) in [5, 5.41) is 9.52. The number of hydrogen-bond donors (Lipinski definition) is 3. The second-order valence-corrected chi connectivity index (χ2v) is 7.50. The van der Waals surface area contributed by atoms with E-state index in [9.17, 15) is 9.59 Å². The molecule has 0 bridgehead atoms. The third-order valence-electron chi connectivity index (χ3n) is 4.33. The van der Waals surface area contributed by atoms with Gasteiger partial charge in [0.05, 0.1) is 10.6 Å². The Balaban J connectivity index is 0.00000338. The zero-order valence-electron chi connectivity index (χ0n) is 15.4. The molecule has 1 aromatic rings. The predicted octanol–water partition coefficient (Wildman–Crippen LogP) is 3.87. The molecule has 1 unspecified atom stereocenters. The van der Waals surface area contributed by atoms with Gasteiger partial charge in [-0.25, -0.2) is 0 Å². The predicted molar refractivity (Wildman–Crippen MR) is 109 cm³/mol. The van der Waals surface area contributed by atoms with Crippen molar-refractivity contribution in [1.82, 2.24) is 10.6 Å². The number of halogens is 2. The summed E-state index contributed by atoms with van der Waals surface area (Å²) >= 11 is 6.16. The molecular formula is C19H29Cl2N3O2. The molecular weight excluding hydrogens is 373 g/mol. The first-order valence-electron chi connectivity index (χ1n) is 9.04. The second-order valence-electron chi connectivity index (χ2n) is 7.10. The summed E-state index contributed by atoms with van der Waals surface area (Å²) in [6, 6.07) is 5.00. The first-order valence-corrected chi connectivity index (χ1v) is 9.42. The lowest BCUT2D eigenvalue weighted by atomic mass is 9.96. The smallest absolute Gasteiger partial charge is 0.252 e. The first-order chi connectivity index (χ1) is 12.0. The zero-order valence-corrected chi connectivity index (χ0v) is 17.0. The largest absolute Gasteiger partial charge is 0.352 e. The Morgan fingerprint density at radius 3 is 2.77 bits per heavy atom. The van der Waals surface area contributed by atoms with Gasteiger partial charge in [0.15, 0.2) is 0 Å². The maximum Gasteiger partial charge on any atom is 0.252 e. The van der Waals surface area contributed by atoms with Crippen molar-refractivity contribution >= 4 is 41.5 Å². The lowest BCUT2D eigenvalue weighted by Crippen LogP contribution is -2.33. The number of anilines is 1. The second kappa shape index (κ2) is 11.4. The number of carbonyl (C=O) groups is 2. The molecule has 3 N–H and O–H groups in total. The molecule has 1 heterocycles. The van der Waals surface area contributed by atoms with Gasteiger partial charge in [-0.3, -0.25) is 9.59 Å². The third kappa shape index (κ3) is 7.52. The molecule has 5 nitrogen and oxygen atoms in total. The summed E-state index contributed by atoms with van der Waals surface area (Å²) in [7, 11) is 0. The Labute approximate surface area is 167 Å². The highest BCUT2D eigenvalue weighted by Gasteiger charge is 2.15. The summed E-state index contributed by atoms with van der Waals surface area (Å²) in [6.45, 7) is 6.72. The van der Waals surface area contributed by atoms with Crippen LogP contribution in [0.1, 0.15) is 49.9 Å². The maximum absolute atomic E-state index is 12.4. The number of carbonyl (C=O) groups excluding carboxylic acids is 2. The van der Waals surface area contributed by atoms with Crippen LogP contribution in [0.5, 0.6) is 0 Å². The monoisotopic (exact) mass is 401 g/mol. The van der Waals surface area contributed by atoms with Crippen LogP contribution in [0.15, 0.2) is 18.2 Å². The van der Waals surface area contributed by atoms with Gasteiger partial charge in [0.1, 0.15) is 0 Å². The molecule has 26 heavy (non-hydrogen) atoms. The van der Waals surface area contributed by atoms with Crippen LogP contribution in [0.4, 0.5) is 5.69 Å². The van der Waals surface area contributed by atoms with Crippen LogP contribution in [0, 0.1) is 11.8 Å². The Morgan fingerprint density at radius 1 is 1.35 bits per heavy atom. The summed E-state index contributed by atoms with van der Waals surface area (Å²) in [4.78, 5) is 24.3. The van der Waals surface area contributed by atoms with Crippen molar-refractivity contribution in [2.45, 2.75) is 39.5 Å². The first kappa shape index (κ1) is 22.7. The van der Waals surface area contributed by atoms with E-state index in [-0.39, 0.29) is 30.1 Å². The van der Waals surface area contributed by atoms with Gasteiger partial charge in [-0.15, -0.1) is 12.4 Å². The van der Waals surface area contributed by atoms with Crippen LogP contribution in [0.25, 0.3) is 0 Å². The fourth-order valence-electron chi connectivity index (χ4n) is 3.02. The summed E-state index contributed by atoms with van der Waals surface area (Å²) < 4.78 is 0. The average molecular weight is 402 g/mol. The van der Waals surface area contributed by atoms with Crippen molar-refractivity contribution in [3.8, 4) is 0 Å². The van der Waals surface area contributed by atoms with E-state index < -0.39 is 0 Å². The molecule has 146 valence electrons. The van der Waals surface area contributed by atoms with Gasteiger partial charge in [-0.1, -0.05) is 25.4 Å². The average Bonchev–Trinajstić information content (AvgIpc) is 2.56. The minimum absolute atomic E-state index is 0. The Hall–Kier alpha value is -1.30. The van der Waals surface area contributed by atoms with Crippen molar-refractivity contribution in [3.05, 3.63) is 28.8 Å². The molecule has 0 saturated carbocycles. The molecule has 2 amide bonds. The maximum atomic E-state index is 12.4. The third-order valence-corrected chi connectivity index (χ3v) is 4.66. The van der Waals surface area contributed by atoms with E-state index in [2.05, 4.69) is 16.0 Å². The minimum atomic E-state index is -0.200. The lowest BCUT2D eigenvalue weighted by Gasteiger charge is -2.22. The molecule has 1 atom stereocenters. The molecule has 2 rings (SSSR count). The molecule has 7 heteroatoms. The molecule has 0 radical (unpaired) electrons. The van der Waals surface area contributed by atoms with Gasteiger partial charge in [0.25, 0.3) is 5.91 Å². The molecule has 0 aromatic heterocycles. The highest BCUT2D eigenvalue weighted by atomic mass is 35.5. The van der Waals surface area contributed by atoms with Crippen LogP contribution < -0.4 is 16.0 Å². The van der Waals surface area contributed by atoms with E-state index >= 15 is 0 Å². The van der Waals surface area contributed by atoms with Crippen LogP contribution in [-0.2, 0) is 4.79 Å². The van der Waals surface area contributed by atoms with E-state index in [0.29, 0.717) is 35.2 Å². The number of amides is 2. The normalized spacial score (nSPS) is 16.7. The summed E-state index contributed by atoms with van der Waals surface area (Å²) in [5.41, 5.74) is 0.988. The SMILES string of the molecule is CC(C)CC(=O)Nc1ccc(Cl)c(C(=O)NCCC2CCCNC2)c1.Cl. The number of nitrogens with one attached hydrogen (secondary N) is 3. The molecule has 1 aliphatic rings. The van der Waals surface area contributed by atoms with Crippen LogP contribution in [-0.4, -0.2) is 31.4 Å². The number of piperidine rings is 1. The molecule has 1 saturated heterocycles. The standard InChI is InChI=1S/C19H28ClN3O2.ClH/c1-13(2)10-18(24)23-15-5-6-17(20)16(11-15)19(25)22-9-7-14-4-3-8-21-12-14;/h5-6,11,13-14,21H,3-4,7-10,12H2,1-2H3,(H,22,25)(H,23,24);1H. The van der Waals surface area contributed by atoms with E-state index in [4.69, 9.17) is 11.6 Å². The van der Waals surface area contributed by atoms with E-state index in [1.54, 1.807) is 18.2 Å². The highest BCUT2D eigenvalue weighted by molar-refractivity contribution is 6.34. The fraction of sp³-hybridized carbons (Fsp3) is 0.579. The van der Waals surface area contributed by atoms with Crippen LogP contribution >= 0.6 is 24.0 Å².